The van der Waals surface area contributed by atoms with Gasteiger partial charge >= 0.3 is 0 Å². The zero-order chi connectivity index (χ0) is 17.3. The molecule has 2 heteroatoms. The summed E-state index contributed by atoms with van der Waals surface area (Å²) >= 11 is 0. The number of rotatable bonds is 9. The Morgan fingerprint density at radius 2 is 1.91 bits per heavy atom. The van der Waals surface area contributed by atoms with E-state index in [-0.39, 0.29) is 11.7 Å². The molecule has 0 radical (unpaired) electrons. The topological polar surface area (TPSA) is 18.5 Å². The predicted octanol–water partition coefficient (Wildman–Crippen LogP) is 6.62. The Balaban J connectivity index is 2.81. The molecule has 4 atom stereocenters. The summed E-state index contributed by atoms with van der Waals surface area (Å²) in [6, 6.07) is 0. The molecule has 1 aliphatic heterocycles. The van der Waals surface area contributed by atoms with Gasteiger partial charge in [-0.15, -0.1) is 0 Å². The molecule has 1 fully saturated rings. The van der Waals surface area contributed by atoms with Gasteiger partial charge in [-0.25, -0.2) is 9.78 Å². The molecule has 1 unspecified atom stereocenters. The van der Waals surface area contributed by atoms with Crippen LogP contribution < -0.4 is 0 Å². The maximum absolute atomic E-state index is 5.92. The fraction of sp³-hybridized carbons (Fsp3) is 0.810. The molecule has 0 aliphatic carbocycles. The number of hydrogen-bond donors (Lipinski definition) is 0. The smallest absolute Gasteiger partial charge is 0.122 e. The van der Waals surface area contributed by atoms with Crippen LogP contribution in [-0.2, 0) is 9.78 Å². The summed E-state index contributed by atoms with van der Waals surface area (Å²) in [7, 11) is 0. The van der Waals surface area contributed by atoms with Gasteiger partial charge in [0, 0.05) is 0 Å². The van der Waals surface area contributed by atoms with Crippen LogP contribution in [-0.4, -0.2) is 11.7 Å². The molecule has 0 aromatic heterocycles. The molecule has 23 heavy (non-hydrogen) atoms. The van der Waals surface area contributed by atoms with Gasteiger partial charge in [0.25, 0.3) is 0 Å². The molecule has 0 bridgehead atoms. The lowest BCUT2D eigenvalue weighted by atomic mass is 9.80. The van der Waals surface area contributed by atoms with Crippen LogP contribution >= 0.6 is 0 Å². The molecule has 134 valence electrons. The summed E-state index contributed by atoms with van der Waals surface area (Å²) in [6.45, 7) is 13.4. The molecular weight excluding hydrogens is 284 g/mol. The Labute approximate surface area is 144 Å². The van der Waals surface area contributed by atoms with E-state index in [1.807, 2.05) is 0 Å². The summed E-state index contributed by atoms with van der Waals surface area (Å²) < 4.78 is 0. The second-order valence-electron chi connectivity index (χ2n) is 7.12. The van der Waals surface area contributed by atoms with Gasteiger partial charge < -0.3 is 0 Å². The molecule has 0 saturated carbocycles. The fourth-order valence-corrected chi connectivity index (χ4v) is 3.64. The van der Waals surface area contributed by atoms with Crippen LogP contribution in [0.1, 0.15) is 86.5 Å². The first-order chi connectivity index (χ1) is 11.0. The van der Waals surface area contributed by atoms with E-state index in [9.17, 15) is 0 Å². The van der Waals surface area contributed by atoms with Crippen LogP contribution in [0, 0.1) is 11.8 Å². The monoisotopic (exact) mass is 322 g/mol. The van der Waals surface area contributed by atoms with Crippen LogP contribution in [0.25, 0.3) is 0 Å². The predicted molar refractivity (Wildman–Crippen MR) is 99.3 cm³/mol. The molecule has 1 heterocycles. The SMILES string of the molecule is CC/C=C/C(CC)C/C(C)=C/[C@]1(CC)C[C@H](CC)[C@H](CC)OO1. The van der Waals surface area contributed by atoms with Crippen LogP contribution in [0.4, 0.5) is 0 Å². The van der Waals surface area contributed by atoms with Crippen molar-refractivity contribution in [1.29, 1.82) is 0 Å². The first-order valence-corrected chi connectivity index (χ1v) is 9.73. The van der Waals surface area contributed by atoms with Crippen molar-refractivity contribution in [1.82, 2.24) is 0 Å². The van der Waals surface area contributed by atoms with Gasteiger partial charge in [0.15, 0.2) is 0 Å². The van der Waals surface area contributed by atoms with E-state index in [0.717, 1.165) is 38.5 Å². The maximum Gasteiger partial charge on any atom is 0.122 e. The summed E-state index contributed by atoms with van der Waals surface area (Å²) in [6.07, 6.45) is 14.9. The molecule has 0 N–H and O–H groups in total. The minimum absolute atomic E-state index is 0.233. The Hall–Kier alpha value is -0.600. The van der Waals surface area contributed by atoms with E-state index >= 15 is 0 Å². The lowest BCUT2D eigenvalue weighted by molar-refractivity contribution is -0.410. The van der Waals surface area contributed by atoms with E-state index in [2.05, 4.69) is 59.8 Å². The fourth-order valence-electron chi connectivity index (χ4n) is 3.64. The van der Waals surface area contributed by atoms with E-state index in [4.69, 9.17) is 9.78 Å². The highest BCUT2D eigenvalue weighted by Crippen LogP contribution is 2.38. The van der Waals surface area contributed by atoms with Gasteiger partial charge in [-0.3, -0.25) is 0 Å². The van der Waals surface area contributed by atoms with Crippen molar-refractivity contribution in [3.8, 4) is 0 Å². The van der Waals surface area contributed by atoms with Crippen molar-refractivity contribution in [2.75, 3.05) is 0 Å². The molecule has 0 spiro atoms. The molecule has 2 nitrogen and oxygen atoms in total. The number of allylic oxidation sites excluding steroid dienone is 3. The second kappa shape index (κ2) is 10.3. The van der Waals surface area contributed by atoms with Gasteiger partial charge in [-0.1, -0.05) is 64.8 Å². The third-order valence-electron chi connectivity index (χ3n) is 5.26. The largest absolute Gasteiger partial charge is 0.232 e. The average molecular weight is 323 g/mol. The molecule has 0 aromatic carbocycles. The van der Waals surface area contributed by atoms with Gasteiger partial charge in [-0.2, -0.15) is 0 Å². The minimum Gasteiger partial charge on any atom is -0.232 e. The van der Waals surface area contributed by atoms with E-state index in [1.165, 1.54) is 12.0 Å². The van der Waals surface area contributed by atoms with Gasteiger partial charge in [0.1, 0.15) is 5.60 Å². The quantitative estimate of drug-likeness (QED) is 0.351. The van der Waals surface area contributed by atoms with Crippen molar-refractivity contribution >= 4 is 0 Å². The van der Waals surface area contributed by atoms with E-state index < -0.39 is 0 Å². The molecular formula is C21H38O2. The summed E-state index contributed by atoms with van der Waals surface area (Å²) in [5.74, 6) is 1.23. The van der Waals surface area contributed by atoms with E-state index in [0.29, 0.717) is 11.8 Å². The van der Waals surface area contributed by atoms with Crippen molar-refractivity contribution in [3.63, 3.8) is 0 Å². The first-order valence-electron chi connectivity index (χ1n) is 9.73. The third-order valence-corrected chi connectivity index (χ3v) is 5.26. The molecule has 1 rings (SSSR count). The first kappa shape index (κ1) is 20.4. The van der Waals surface area contributed by atoms with Crippen LogP contribution in [0.3, 0.4) is 0 Å². The molecule has 1 saturated heterocycles. The second-order valence-corrected chi connectivity index (χ2v) is 7.12. The Morgan fingerprint density at radius 1 is 1.17 bits per heavy atom. The zero-order valence-electron chi connectivity index (χ0n) is 16.2. The lowest BCUT2D eigenvalue weighted by Gasteiger charge is -2.41. The van der Waals surface area contributed by atoms with Crippen molar-refractivity contribution < 1.29 is 9.78 Å². The van der Waals surface area contributed by atoms with Crippen LogP contribution in [0.2, 0.25) is 0 Å². The third kappa shape index (κ3) is 6.08. The summed E-state index contributed by atoms with van der Waals surface area (Å²) in [4.78, 5) is 11.7. The maximum atomic E-state index is 5.92. The molecule has 0 amide bonds. The van der Waals surface area contributed by atoms with Crippen molar-refractivity contribution in [3.05, 3.63) is 23.8 Å². The normalized spacial score (nSPS) is 30.8. The summed E-state index contributed by atoms with van der Waals surface area (Å²) in [5, 5.41) is 0. The van der Waals surface area contributed by atoms with Crippen molar-refractivity contribution in [2.24, 2.45) is 11.8 Å². The minimum atomic E-state index is -0.233. The molecule has 1 aliphatic rings. The molecule has 0 aromatic rings. The van der Waals surface area contributed by atoms with Crippen molar-refractivity contribution in [2.45, 2.75) is 98.2 Å². The highest BCUT2D eigenvalue weighted by Gasteiger charge is 2.40. The van der Waals surface area contributed by atoms with Gasteiger partial charge in [0.05, 0.1) is 6.10 Å². The van der Waals surface area contributed by atoms with Crippen LogP contribution in [0.15, 0.2) is 23.8 Å². The Morgan fingerprint density at radius 3 is 2.43 bits per heavy atom. The van der Waals surface area contributed by atoms with Crippen LogP contribution in [0.5, 0.6) is 0 Å². The van der Waals surface area contributed by atoms with E-state index in [1.54, 1.807) is 0 Å². The van der Waals surface area contributed by atoms with Gasteiger partial charge in [0.2, 0.25) is 0 Å². The average Bonchev–Trinajstić information content (AvgIpc) is 2.58. The Bertz CT molecular complexity index is 385. The summed E-state index contributed by atoms with van der Waals surface area (Å²) in [5.41, 5.74) is 1.19. The lowest BCUT2D eigenvalue weighted by Crippen LogP contribution is -2.43. The Kier molecular flexibility index (Phi) is 9.16. The standard InChI is InChI=1S/C21H38O2/c1-7-12-13-18(8-2)14-17(6)15-21(11-5)16-19(9-3)20(10-4)22-23-21/h12-13,15,18-20H,7-11,14,16H2,1-6H3/b13-12+,17-15+/t18?,19-,20-,21+/m0/s1. The number of hydrogen-bond acceptors (Lipinski definition) is 2. The highest BCUT2D eigenvalue weighted by atomic mass is 17.2. The zero-order valence-corrected chi connectivity index (χ0v) is 16.2. The highest BCUT2D eigenvalue weighted by molar-refractivity contribution is 5.12. The van der Waals surface area contributed by atoms with Gasteiger partial charge in [-0.05, 0) is 57.3 Å².